The third-order valence-electron chi connectivity index (χ3n) is 2.49. The summed E-state index contributed by atoms with van der Waals surface area (Å²) in [6, 6.07) is 0. The van der Waals surface area contributed by atoms with E-state index in [1.54, 1.807) is 0 Å². The molecule has 0 aromatic carbocycles. The second kappa shape index (κ2) is 5.11. The summed E-state index contributed by atoms with van der Waals surface area (Å²) in [5, 5.41) is 0. The maximum Gasteiger partial charge on any atom is 0.152 e. The molecule has 0 N–H and O–H groups in total. The number of Topliss-reactive ketones (excluding diaryl/α,β-unsaturated/α-hetero) is 1. The highest BCUT2D eigenvalue weighted by atomic mass is 16.1. The van der Waals surface area contributed by atoms with Gasteiger partial charge in [0.2, 0.25) is 0 Å². The van der Waals surface area contributed by atoms with Gasteiger partial charge in [0, 0.05) is 5.41 Å². The van der Waals surface area contributed by atoms with E-state index >= 15 is 0 Å². The van der Waals surface area contributed by atoms with E-state index in [1.165, 1.54) is 0 Å². The zero-order valence-electron chi connectivity index (χ0n) is 11.5. The van der Waals surface area contributed by atoms with Gasteiger partial charge in [-0.1, -0.05) is 41.5 Å². The van der Waals surface area contributed by atoms with Gasteiger partial charge in [-0.3, -0.25) is 9.69 Å². The van der Waals surface area contributed by atoms with Crippen molar-refractivity contribution in [2.75, 3.05) is 20.1 Å². The molecule has 0 saturated carbocycles. The van der Waals surface area contributed by atoms with Gasteiger partial charge in [-0.25, -0.2) is 0 Å². The summed E-state index contributed by atoms with van der Waals surface area (Å²) in [5.74, 6) is 0.318. The van der Waals surface area contributed by atoms with Crippen molar-refractivity contribution in [3.05, 3.63) is 0 Å². The Bertz CT molecular complexity index is 208. The molecule has 0 radical (unpaired) electrons. The molecular formula is C13H27NO. The summed E-state index contributed by atoms with van der Waals surface area (Å²) in [6.45, 7) is 14.2. The van der Waals surface area contributed by atoms with Crippen molar-refractivity contribution < 1.29 is 4.79 Å². The average molecular weight is 213 g/mol. The molecule has 2 heteroatoms. The highest BCUT2D eigenvalue weighted by Gasteiger charge is 2.22. The standard InChI is InChI=1S/C13H27NO/c1-12(2,3)8-9-14(7)10-11(15)13(4,5)6/h8-10H2,1-7H3. The van der Waals surface area contributed by atoms with E-state index in [2.05, 4.69) is 25.7 Å². The fourth-order valence-electron chi connectivity index (χ4n) is 1.09. The van der Waals surface area contributed by atoms with Crippen molar-refractivity contribution in [2.45, 2.75) is 48.0 Å². The molecule has 0 spiro atoms. The first-order valence-corrected chi connectivity index (χ1v) is 5.74. The van der Waals surface area contributed by atoms with Crippen molar-refractivity contribution in [1.82, 2.24) is 4.90 Å². The van der Waals surface area contributed by atoms with Crippen LogP contribution in [0.4, 0.5) is 0 Å². The Morgan fingerprint density at radius 3 is 1.87 bits per heavy atom. The van der Waals surface area contributed by atoms with Gasteiger partial charge in [0.05, 0.1) is 6.54 Å². The number of ketones is 1. The summed E-state index contributed by atoms with van der Waals surface area (Å²) < 4.78 is 0. The Kier molecular flexibility index (Phi) is 4.98. The van der Waals surface area contributed by atoms with E-state index in [0.29, 0.717) is 17.7 Å². The van der Waals surface area contributed by atoms with Gasteiger partial charge >= 0.3 is 0 Å². The van der Waals surface area contributed by atoms with E-state index in [9.17, 15) is 4.79 Å². The van der Waals surface area contributed by atoms with Crippen LogP contribution < -0.4 is 0 Å². The Morgan fingerprint density at radius 1 is 1.07 bits per heavy atom. The second-order valence-corrected chi connectivity index (χ2v) is 6.72. The van der Waals surface area contributed by atoms with Crippen LogP contribution in [0.5, 0.6) is 0 Å². The Labute approximate surface area is 95.0 Å². The zero-order chi connectivity index (χ0) is 12.3. The van der Waals surface area contributed by atoms with Gasteiger partial charge in [0.1, 0.15) is 0 Å². The smallest absolute Gasteiger partial charge is 0.152 e. The molecular weight excluding hydrogens is 186 g/mol. The summed E-state index contributed by atoms with van der Waals surface area (Å²) in [5.41, 5.74) is 0.134. The van der Waals surface area contributed by atoms with Crippen molar-refractivity contribution in [2.24, 2.45) is 10.8 Å². The molecule has 0 aromatic heterocycles. The third-order valence-corrected chi connectivity index (χ3v) is 2.49. The molecule has 0 heterocycles. The lowest BCUT2D eigenvalue weighted by Gasteiger charge is -2.25. The lowest BCUT2D eigenvalue weighted by Crippen LogP contribution is -2.35. The Balaban J connectivity index is 3.95. The lowest BCUT2D eigenvalue weighted by molar-refractivity contribution is -0.127. The van der Waals surface area contributed by atoms with E-state index in [0.717, 1.165) is 13.0 Å². The first-order valence-electron chi connectivity index (χ1n) is 5.74. The molecule has 0 aliphatic rings. The molecule has 15 heavy (non-hydrogen) atoms. The number of nitrogens with zero attached hydrogens (tertiary/aromatic N) is 1. The molecule has 0 saturated heterocycles. The lowest BCUT2D eigenvalue weighted by atomic mass is 9.90. The summed E-state index contributed by atoms with van der Waals surface area (Å²) in [4.78, 5) is 13.9. The maximum atomic E-state index is 11.8. The van der Waals surface area contributed by atoms with E-state index in [-0.39, 0.29) is 5.41 Å². The van der Waals surface area contributed by atoms with Gasteiger partial charge in [-0.2, -0.15) is 0 Å². The van der Waals surface area contributed by atoms with Crippen molar-refractivity contribution in [3.8, 4) is 0 Å². The Hall–Kier alpha value is -0.370. The molecule has 0 unspecified atom stereocenters. The fraction of sp³-hybridized carbons (Fsp3) is 0.923. The molecule has 2 nitrogen and oxygen atoms in total. The highest BCUT2D eigenvalue weighted by molar-refractivity contribution is 5.85. The first-order chi connectivity index (χ1) is 6.52. The molecule has 0 bridgehead atoms. The summed E-state index contributed by atoms with van der Waals surface area (Å²) in [7, 11) is 2.02. The largest absolute Gasteiger partial charge is 0.299 e. The van der Waals surface area contributed by atoms with Crippen molar-refractivity contribution in [1.29, 1.82) is 0 Å². The quantitative estimate of drug-likeness (QED) is 0.715. The topological polar surface area (TPSA) is 20.3 Å². The van der Waals surface area contributed by atoms with Crippen LogP contribution in [0.3, 0.4) is 0 Å². The number of hydrogen-bond acceptors (Lipinski definition) is 2. The van der Waals surface area contributed by atoms with Crippen molar-refractivity contribution >= 4 is 5.78 Å². The molecule has 0 rings (SSSR count). The Morgan fingerprint density at radius 2 is 1.53 bits per heavy atom. The van der Waals surface area contributed by atoms with Gasteiger partial charge < -0.3 is 0 Å². The third kappa shape index (κ3) is 7.55. The van der Waals surface area contributed by atoms with Gasteiger partial charge in [-0.15, -0.1) is 0 Å². The van der Waals surface area contributed by atoms with Gasteiger partial charge in [-0.05, 0) is 25.4 Å². The van der Waals surface area contributed by atoms with Gasteiger partial charge in [0.15, 0.2) is 5.78 Å². The number of likely N-dealkylation sites (N-methyl/N-ethyl adjacent to an activating group) is 1. The minimum Gasteiger partial charge on any atom is -0.299 e. The SMILES string of the molecule is CN(CCC(C)(C)C)CC(=O)C(C)(C)C. The number of carbonyl (C=O) groups is 1. The summed E-state index contributed by atoms with van der Waals surface area (Å²) >= 11 is 0. The molecule has 90 valence electrons. The molecule has 0 fully saturated rings. The minimum absolute atomic E-state index is 0.212. The predicted octanol–water partition coefficient (Wildman–Crippen LogP) is 2.97. The molecule has 0 atom stereocenters. The van der Waals surface area contributed by atoms with Crippen LogP contribution in [0.15, 0.2) is 0 Å². The average Bonchev–Trinajstić information content (AvgIpc) is 1.97. The van der Waals surface area contributed by atoms with Gasteiger partial charge in [0.25, 0.3) is 0 Å². The fourth-order valence-corrected chi connectivity index (χ4v) is 1.09. The van der Waals surface area contributed by atoms with Crippen LogP contribution in [0.25, 0.3) is 0 Å². The number of carbonyl (C=O) groups excluding carboxylic acids is 1. The maximum absolute atomic E-state index is 11.8. The van der Waals surface area contributed by atoms with Crippen LogP contribution in [0, 0.1) is 10.8 Å². The van der Waals surface area contributed by atoms with E-state index in [4.69, 9.17) is 0 Å². The molecule has 0 aromatic rings. The first kappa shape index (κ1) is 14.6. The van der Waals surface area contributed by atoms with E-state index < -0.39 is 0 Å². The van der Waals surface area contributed by atoms with Crippen LogP contribution in [-0.4, -0.2) is 30.8 Å². The minimum atomic E-state index is -0.212. The van der Waals surface area contributed by atoms with Crippen molar-refractivity contribution in [3.63, 3.8) is 0 Å². The normalized spacial score (nSPS) is 13.3. The van der Waals surface area contributed by atoms with Crippen LogP contribution in [0.2, 0.25) is 0 Å². The monoisotopic (exact) mass is 213 g/mol. The highest BCUT2D eigenvalue weighted by Crippen LogP contribution is 2.19. The van der Waals surface area contributed by atoms with E-state index in [1.807, 2.05) is 27.8 Å². The molecule has 0 amide bonds. The number of rotatable bonds is 4. The van der Waals surface area contributed by atoms with Crippen LogP contribution in [0.1, 0.15) is 48.0 Å². The zero-order valence-corrected chi connectivity index (χ0v) is 11.5. The molecule has 0 aliphatic carbocycles. The van der Waals surface area contributed by atoms with Crippen LogP contribution in [-0.2, 0) is 4.79 Å². The number of hydrogen-bond donors (Lipinski definition) is 0. The van der Waals surface area contributed by atoms with Crippen LogP contribution >= 0.6 is 0 Å². The predicted molar refractivity (Wildman–Crippen MR) is 66.0 cm³/mol. The molecule has 0 aliphatic heterocycles. The second-order valence-electron chi connectivity index (χ2n) is 6.72. The summed E-state index contributed by atoms with van der Waals surface area (Å²) in [6.07, 6.45) is 1.13.